The van der Waals surface area contributed by atoms with Crippen molar-refractivity contribution in [2.75, 3.05) is 20.3 Å². The van der Waals surface area contributed by atoms with Crippen LogP contribution in [0.1, 0.15) is 12.0 Å². The average molecular weight is 235 g/mol. The summed E-state index contributed by atoms with van der Waals surface area (Å²) < 4.78 is 5.08. The molecule has 0 aliphatic carbocycles. The summed E-state index contributed by atoms with van der Waals surface area (Å²) in [6, 6.07) is 7.44. The first-order chi connectivity index (χ1) is 8.26. The number of hydrogen-bond donors (Lipinski definition) is 2. The van der Waals surface area contributed by atoms with E-state index in [1.165, 1.54) is 6.08 Å². The fourth-order valence-electron chi connectivity index (χ4n) is 1.27. The normalized spacial score (nSPS) is 10.5. The number of aliphatic hydroxyl groups is 1. The van der Waals surface area contributed by atoms with Crippen LogP contribution in [0.2, 0.25) is 0 Å². The van der Waals surface area contributed by atoms with E-state index in [0.29, 0.717) is 13.0 Å². The molecule has 0 heterocycles. The Kier molecular flexibility index (Phi) is 5.82. The molecule has 0 aliphatic heterocycles. The lowest BCUT2D eigenvalue weighted by Crippen LogP contribution is -2.22. The lowest BCUT2D eigenvalue weighted by Gasteiger charge is -2.01. The van der Waals surface area contributed by atoms with Gasteiger partial charge in [-0.05, 0) is 30.2 Å². The molecule has 1 amide bonds. The molecule has 0 radical (unpaired) electrons. The topological polar surface area (TPSA) is 58.6 Å². The summed E-state index contributed by atoms with van der Waals surface area (Å²) in [5, 5.41) is 11.2. The second-order valence-electron chi connectivity index (χ2n) is 3.48. The number of benzene rings is 1. The minimum atomic E-state index is -0.165. The van der Waals surface area contributed by atoms with Crippen molar-refractivity contribution in [3.8, 4) is 5.75 Å². The van der Waals surface area contributed by atoms with Crippen LogP contribution in [0, 0.1) is 0 Å². The Morgan fingerprint density at radius 3 is 3.06 bits per heavy atom. The van der Waals surface area contributed by atoms with Gasteiger partial charge >= 0.3 is 0 Å². The van der Waals surface area contributed by atoms with Crippen molar-refractivity contribution in [3.05, 3.63) is 35.9 Å². The molecular formula is C13H17NO3. The van der Waals surface area contributed by atoms with Crippen LogP contribution in [0.5, 0.6) is 5.75 Å². The highest BCUT2D eigenvalue weighted by Gasteiger charge is 1.95. The third kappa shape index (κ3) is 5.17. The standard InChI is InChI=1S/C13H17NO3/c1-17-12-5-2-4-11(10-12)6-7-13(16)14-8-3-9-15/h2,4-7,10,15H,3,8-9H2,1H3,(H,14,16)/b7-6+. The molecule has 0 spiro atoms. The van der Waals surface area contributed by atoms with Gasteiger partial charge in [0.25, 0.3) is 0 Å². The van der Waals surface area contributed by atoms with Gasteiger partial charge in [-0.15, -0.1) is 0 Å². The van der Waals surface area contributed by atoms with Crippen LogP contribution in [0.3, 0.4) is 0 Å². The summed E-state index contributed by atoms with van der Waals surface area (Å²) in [7, 11) is 1.60. The molecule has 1 rings (SSSR count). The van der Waals surface area contributed by atoms with E-state index in [9.17, 15) is 4.79 Å². The number of ether oxygens (including phenoxy) is 1. The van der Waals surface area contributed by atoms with Crippen LogP contribution >= 0.6 is 0 Å². The predicted octanol–water partition coefficient (Wildman–Crippen LogP) is 1.21. The molecule has 4 nitrogen and oxygen atoms in total. The van der Waals surface area contributed by atoms with Crippen molar-refractivity contribution in [1.29, 1.82) is 0 Å². The fourth-order valence-corrected chi connectivity index (χ4v) is 1.27. The largest absolute Gasteiger partial charge is 0.497 e. The van der Waals surface area contributed by atoms with E-state index < -0.39 is 0 Å². The van der Waals surface area contributed by atoms with Crippen LogP contribution in [-0.2, 0) is 4.79 Å². The zero-order valence-electron chi connectivity index (χ0n) is 9.85. The second kappa shape index (κ2) is 7.46. The molecule has 0 atom stereocenters. The highest BCUT2D eigenvalue weighted by molar-refractivity contribution is 5.91. The minimum Gasteiger partial charge on any atom is -0.497 e. The van der Waals surface area contributed by atoms with Gasteiger partial charge in [-0.1, -0.05) is 12.1 Å². The summed E-state index contributed by atoms with van der Waals surface area (Å²) in [5.41, 5.74) is 0.904. The lowest BCUT2D eigenvalue weighted by atomic mass is 10.2. The van der Waals surface area contributed by atoms with Crippen LogP contribution in [-0.4, -0.2) is 31.3 Å². The Morgan fingerprint density at radius 2 is 2.35 bits per heavy atom. The number of amides is 1. The van der Waals surface area contributed by atoms with Gasteiger partial charge in [0.15, 0.2) is 0 Å². The van der Waals surface area contributed by atoms with Crippen LogP contribution < -0.4 is 10.1 Å². The first-order valence-corrected chi connectivity index (χ1v) is 5.47. The molecule has 92 valence electrons. The van der Waals surface area contributed by atoms with Crippen LogP contribution in [0.15, 0.2) is 30.3 Å². The van der Waals surface area contributed by atoms with Gasteiger partial charge in [-0.2, -0.15) is 0 Å². The molecule has 0 aliphatic rings. The van der Waals surface area contributed by atoms with Crippen molar-refractivity contribution < 1.29 is 14.6 Å². The molecule has 4 heteroatoms. The minimum absolute atomic E-state index is 0.0832. The number of carbonyl (C=O) groups excluding carboxylic acids is 1. The van der Waals surface area contributed by atoms with Gasteiger partial charge < -0.3 is 15.2 Å². The third-order valence-electron chi connectivity index (χ3n) is 2.16. The van der Waals surface area contributed by atoms with Gasteiger partial charge in [-0.25, -0.2) is 0 Å². The second-order valence-corrected chi connectivity index (χ2v) is 3.48. The highest BCUT2D eigenvalue weighted by Crippen LogP contribution is 2.13. The Balaban J connectivity index is 2.48. The van der Waals surface area contributed by atoms with E-state index >= 15 is 0 Å². The first-order valence-electron chi connectivity index (χ1n) is 5.47. The van der Waals surface area contributed by atoms with Gasteiger partial charge in [0, 0.05) is 19.2 Å². The molecule has 1 aromatic rings. The van der Waals surface area contributed by atoms with Gasteiger partial charge in [-0.3, -0.25) is 4.79 Å². The lowest BCUT2D eigenvalue weighted by molar-refractivity contribution is -0.116. The predicted molar refractivity (Wildman–Crippen MR) is 66.7 cm³/mol. The van der Waals surface area contributed by atoms with Crippen molar-refractivity contribution >= 4 is 12.0 Å². The molecule has 0 fully saturated rings. The van der Waals surface area contributed by atoms with Gasteiger partial charge in [0.2, 0.25) is 5.91 Å². The molecule has 0 unspecified atom stereocenters. The van der Waals surface area contributed by atoms with Gasteiger partial charge in [0.05, 0.1) is 7.11 Å². The zero-order valence-corrected chi connectivity index (χ0v) is 9.85. The Hall–Kier alpha value is -1.81. The molecule has 0 bridgehead atoms. The van der Waals surface area contributed by atoms with Crippen LogP contribution in [0.25, 0.3) is 6.08 Å². The van der Waals surface area contributed by atoms with Crippen molar-refractivity contribution in [2.45, 2.75) is 6.42 Å². The number of aliphatic hydroxyl groups excluding tert-OH is 1. The maximum absolute atomic E-state index is 11.3. The number of methoxy groups -OCH3 is 1. The van der Waals surface area contributed by atoms with E-state index in [0.717, 1.165) is 11.3 Å². The van der Waals surface area contributed by atoms with Crippen molar-refractivity contribution in [2.24, 2.45) is 0 Å². The molecule has 0 saturated carbocycles. The fraction of sp³-hybridized carbons (Fsp3) is 0.308. The number of hydrogen-bond acceptors (Lipinski definition) is 3. The Bertz CT molecular complexity index is 388. The summed E-state index contributed by atoms with van der Waals surface area (Å²) in [6.45, 7) is 0.567. The summed E-state index contributed by atoms with van der Waals surface area (Å²) >= 11 is 0. The van der Waals surface area contributed by atoms with E-state index in [1.807, 2.05) is 24.3 Å². The Labute approximate surface area is 101 Å². The number of carbonyl (C=O) groups is 1. The van der Waals surface area contributed by atoms with Crippen LogP contribution in [0.4, 0.5) is 0 Å². The molecule has 0 aromatic heterocycles. The summed E-state index contributed by atoms with van der Waals surface area (Å²) in [5.74, 6) is 0.592. The average Bonchev–Trinajstić information content (AvgIpc) is 2.37. The maximum Gasteiger partial charge on any atom is 0.244 e. The smallest absolute Gasteiger partial charge is 0.244 e. The molecule has 0 saturated heterocycles. The maximum atomic E-state index is 11.3. The summed E-state index contributed by atoms with van der Waals surface area (Å²) in [4.78, 5) is 11.3. The number of nitrogens with one attached hydrogen (secondary N) is 1. The van der Waals surface area contributed by atoms with E-state index in [1.54, 1.807) is 13.2 Å². The van der Waals surface area contributed by atoms with E-state index in [-0.39, 0.29) is 12.5 Å². The third-order valence-corrected chi connectivity index (χ3v) is 2.16. The molecule has 2 N–H and O–H groups in total. The molecule has 17 heavy (non-hydrogen) atoms. The molecular weight excluding hydrogens is 218 g/mol. The highest BCUT2D eigenvalue weighted by atomic mass is 16.5. The SMILES string of the molecule is COc1cccc(/C=C/C(=O)NCCCO)c1. The van der Waals surface area contributed by atoms with Crippen molar-refractivity contribution in [3.63, 3.8) is 0 Å². The number of rotatable bonds is 6. The van der Waals surface area contributed by atoms with Crippen molar-refractivity contribution in [1.82, 2.24) is 5.32 Å². The van der Waals surface area contributed by atoms with E-state index in [4.69, 9.17) is 9.84 Å². The zero-order chi connectivity index (χ0) is 12.5. The monoisotopic (exact) mass is 235 g/mol. The summed E-state index contributed by atoms with van der Waals surface area (Å²) in [6.07, 6.45) is 3.75. The molecule has 1 aromatic carbocycles. The Morgan fingerprint density at radius 1 is 1.53 bits per heavy atom. The quantitative estimate of drug-likeness (QED) is 0.575. The van der Waals surface area contributed by atoms with E-state index in [2.05, 4.69) is 5.32 Å². The van der Waals surface area contributed by atoms with Gasteiger partial charge in [0.1, 0.15) is 5.75 Å². The first kappa shape index (κ1) is 13.3.